The molecule has 1 atom stereocenters. The Morgan fingerprint density at radius 3 is 2.36 bits per heavy atom. The van der Waals surface area contributed by atoms with Crippen molar-refractivity contribution in [2.75, 3.05) is 19.4 Å². The second kappa shape index (κ2) is 6.34. The molecule has 0 spiro atoms. The fraction of sp³-hybridized carbons (Fsp3) is 1.00. The predicted molar refractivity (Wildman–Crippen MR) is 54.6 cm³/mol. The zero-order chi connectivity index (χ0) is 11.2. The minimum Gasteiger partial charge on any atom is -0.396 e. The summed E-state index contributed by atoms with van der Waals surface area (Å²) in [6.07, 6.45) is 1.28. The van der Waals surface area contributed by atoms with Gasteiger partial charge >= 0.3 is 0 Å². The van der Waals surface area contributed by atoms with Crippen LogP contribution in [0.5, 0.6) is 0 Å². The maximum Gasteiger partial charge on any atom is 0.208 e. The fourth-order valence-corrected chi connectivity index (χ4v) is 1.48. The number of rotatable bonds is 7. The lowest BCUT2D eigenvalue weighted by Crippen LogP contribution is -2.34. The zero-order valence-corrected chi connectivity index (χ0v) is 9.67. The van der Waals surface area contributed by atoms with Gasteiger partial charge in [-0.2, -0.15) is 0 Å². The Bertz CT molecular complexity index is 238. The van der Waals surface area contributed by atoms with E-state index in [1.807, 2.05) is 13.8 Å². The lowest BCUT2D eigenvalue weighted by Gasteiger charge is -2.19. The first-order valence-corrected chi connectivity index (χ1v) is 6.45. The summed E-state index contributed by atoms with van der Waals surface area (Å²) in [6, 6.07) is 0. The van der Waals surface area contributed by atoms with Crippen molar-refractivity contribution in [3.8, 4) is 0 Å². The van der Waals surface area contributed by atoms with Crippen molar-refractivity contribution in [1.82, 2.24) is 4.72 Å². The summed E-state index contributed by atoms with van der Waals surface area (Å²) < 4.78 is 29.3. The topological polar surface area (TPSA) is 75.6 Å². The van der Waals surface area contributed by atoms with Crippen LogP contribution in [0.1, 0.15) is 20.3 Å². The van der Waals surface area contributed by atoms with Crippen molar-refractivity contribution in [2.24, 2.45) is 0 Å². The molecule has 0 aliphatic rings. The second-order valence-electron chi connectivity index (χ2n) is 3.44. The van der Waals surface area contributed by atoms with Gasteiger partial charge in [-0.05, 0) is 20.3 Å². The third-order valence-corrected chi connectivity index (χ3v) is 2.18. The maximum atomic E-state index is 10.8. The fourth-order valence-electron chi connectivity index (χ4n) is 0.991. The Labute approximate surface area is 85.5 Å². The molecule has 0 aromatic heterocycles. The van der Waals surface area contributed by atoms with Crippen molar-refractivity contribution in [3.63, 3.8) is 0 Å². The van der Waals surface area contributed by atoms with Crippen LogP contribution in [-0.2, 0) is 14.8 Å². The molecule has 0 aliphatic heterocycles. The van der Waals surface area contributed by atoms with E-state index in [0.717, 1.165) is 6.26 Å². The summed E-state index contributed by atoms with van der Waals surface area (Å²) in [5, 5.41) is 8.72. The zero-order valence-electron chi connectivity index (χ0n) is 8.86. The van der Waals surface area contributed by atoms with Gasteiger partial charge in [-0.3, -0.25) is 0 Å². The summed E-state index contributed by atoms with van der Waals surface area (Å²) in [4.78, 5) is 0. The molecule has 0 radical (unpaired) electrons. The molecule has 0 unspecified atom stereocenters. The summed E-state index contributed by atoms with van der Waals surface area (Å²) >= 11 is 0. The van der Waals surface area contributed by atoms with E-state index in [1.165, 1.54) is 0 Å². The lowest BCUT2D eigenvalue weighted by molar-refractivity contribution is -0.00138. The van der Waals surface area contributed by atoms with E-state index in [0.29, 0.717) is 6.42 Å². The standard InChI is InChI=1S/C8H19NO4S/c1-7(2)13-8(4-5-10)6-9-14(3,11)12/h7-10H,4-6H2,1-3H3/t8-/m1/s1. The Morgan fingerprint density at radius 1 is 1.43 bits per heavy atom. The summed E-state index contributed by atoms with van der Waals surface area (Å²) in [5.74, 6) is 0. The van der Waals surface area contributed by atoms with Crippen LogP contribution in [0.15, 0.2) is 0 Å². The molecule has 0 amide bonds. The Kier molecular flexibility index (Phi) is 6.26. The molecule has 0 saturated heterocycles. The van der Waals surface area contributed by atoms with Crippen molar-refractivity contribution in [3.05, 3.63) is 0 Å². The SMILES string of the molecule is CC(C)O[C@H](CCO)CNS(C)(=O)=O. The van der Waals surface area contributed by atoms with Gasteiger partial charge in [0.05, 0.1) is 18.5 Å². The summed E-state index contributed by atoms with van der Waals surface area (Å²) in [7, 11) is -3.18. The third-order valence-electron chi connectivity index (χ3n) is 1.49. The average molecular weight is 225 g/mol. The first kappa shape index (κ1) is 13.8. The number of nitrogens with one attached hydrogen (secondary N) is 1. The van der Waals surface area contributed by atoms with Crippen LogP contribution >= 0.6 is 0 Å². The largest absolute Gasteiger partial charge is 0.396 e. The van der Waals surface area contributed by atoms with E-state index >= 15 is 0 Å². The van der Waals surface area contributed by atoms with E-state index in [-0.39, 0.29) is 25.4 Å². The molecule has 6 heteroatoms. The smallest absolute Gasteiger partial charge is 0.208 e. The first-order valence-electron chi connectivity index (χ1n) is 4.56. The average Bonchev–Trinajstić information content (AvgIpc) is 1.98. The van der Waals surface area contributed by atoms with Gasteiger partial charge in [0.15, 0.2) is 0 Å². The molecular weight excluding hydrogens is 206 g/mol. The van der Waals surface area contributed by atoms with E-state index in [4.69, 9.17) is 9.84 Å². The van der Waals surface area contributed by atoms with Crippen molar-refractivity contribution < 1.29 is 18.3 Å². The van der Waals surface area contributed by atoms with Gasteiger partial charge in [-0.15, -0.1) is 0 Å². The predicted octanol–water partition coefficient (Wildman–Crippen LogP) is -0.288. The van der Waals surface area contributed by atoms with Crippen LogP contribution in [0.4, 0.5) is 0 Å². The van der Waals surface area contributed by atoms with Gasteiger partial charge < -0.3 is 9.84 Å². The van der Waals surface area contributed by atoms with Gasteiger partial charge in [0, 0.05) is 13.2 Å². The second-order valence-corrected chi connectivity index (χ2v) is 5.27. The minimum absolute atomic E-state index is 0.0111. The monoisotopic (exact) mass is 225 g/mol. The number of ether oxygens (including phenoxy) is 1. The highest BCUT2D eigenvalue weighted by Crippen LogP contribution is 2.01. The van der Waals surface area contributed by atoms with Gasteiger partial charge in [-0.1, -0.05) is 0 Å². The quantitative estimate of drug-likeness (QED) is 0.624. The normalized spacial score (nSPS) is 14.6. The van der Waals surface area contributed by atoms with Gasteiger partial charge in [0.1, 0.15) is 0 Å². The lowest BCUT2D eigenvalue weighted by atomic mass is 10.2. The maximum absolute atomic E-state index is 10.8. The van der Waals surface area contributed by atoms with E-state index in [1.54, 1.807) is 0 Å². The molecule has 0 rings (SSSR count). The molecule has 0 aromatic rings. The van der Waals surface area contributed by atoms with Crippen LogP contribution in [0.2, 0.25) is 0 Å². The van der Waals surface area contributed by atoms with Crippen LogP contribution in [-0.4, -0.2) is 45.1 Å². The van der Waals surface area contributed by atoms with E-state index in [9.17, 15) is 8.42 Å². The number of aliphatic hydroxyl groups excluding tert-OH is 1. The van der Waals surface area contributed by atoms with E-state index in [2.05, 4.69) is 4.72 Å². The molecule has 2 N–H and O–H groups in total. The highest BCUT2D eigenvalue weighted by atomic mass is 32.2. The number of hydrogen-bond acceptors (Lipinski definition) is 4. The number of aliphatic hydroxyl groups is 1. The summed E-state index contributed by atoms with van der Waals surface area (Å²) in [6.45, 7) is 3.93. The summed E-state index contributed by atoms with van der Waals surface area (Å²) in [5.41, 5.74) is 0. The molecule has 0 aliphatic carbocycles. The van der Waals surface area contributed by atoms with Gasteiger partial charge in [0.2, 0.25) is 10.0 Å². The van der Waals surface area contributed by atoms with Crippen LogP contribution in [0.3, 0.4) is 0 Å². The molecule has 5 nitrogen and oxygen atoms in total. The minimum atomic E-state index is -3.18. The van der Waals surface area contributed by atoms with Crippen LogP contribution in [0, 0.1) is 0 Å². The molecular formula is C8H19NO4S. The van der Waals surface area contributed by atoms with Crippen LogP contribution in [0.25, 0.3) is 0 Å². The highest BCUT2D eigenvalue weighted by Gasteiger charge is 2.12. The third kappa shape index (κ3) is 8.43. The molecule has 0 aromatic carbocycles. The van der Waals surface area contributed by atoms with Gasteiger partial charge in [-0.25, -0.2) is 13.1 Å². The Hall–Kier alpha value is -0.170. The molecule has 0 saturated carbocycles. The Morgan fingerprint density at radius 2 is 2.00 bits per heavy atom. The Balaban J connectivity index is 3.96. The van der Waals surface area contributed by atoms with Crippen molar-refractivity contribution in [2.45, 2.75) is 32.5 Å². The molecule has 0 bridgehead atoms. The van der Waals surface area contributed by atoms with E-state index < -0.39 is 10.0 Å². The van der Waals surface area contributed by atoms with Crippen LogP contribution < -0.4 is 4.72 Å². The van der Waals surface area contributed by atoms with Crippen molar-refractivity contribution in [1.29, 1.82) is 0 Å². The molecule has 14 heavy (non-hydrogen) atoms. The van der Waals surface area contributed by atoms with Crippen molar-refractivity contribution >= 4 is 10.0 Å². The highest BCUT2D eigenvalue weighted by molar-refractivity contribution is 7.88. The first-order chi connectivity index (χ1) is 6.35. The van der Waals surface area contributed by atoms with Gasteiger partial charge in [0.25, 0.3) is 0 Å². The number of sulfonamides is 1. The molecule has 86 valence electrons. The number of hydrogen-bond donors (Lipinski definition) is 2. The molecule has 0 heterocycles. The molecule has 0 fully saturated rings.